The van der Waals surface area contributed by atoms with Crippen LogP contribution in [0.4, 0.5) is 10.3 Å². The maximum atomic E-state index is 4.71. The minimum atomic E-state index is 0.581. The minimum absolute atomic E-state index is 0.581. The second kappa shape index (κ2) is 9.52. The number of azo groups is 1. The third-order valence-corrected chi connectivity index (χ3v) is 7.45. The summed E-state index contributed by atoms with van der Waals surface area (Å²) in [7, 11) is 0. The smallest absolute Gasteiger partial charge is 0.230 e. The van der Waals surface area contributed by atoms with Gasteiger partial charge in [0.25, 0.3) is 0 Å². The molecule has 152 valence electrons. The van der Waals surface area contributed by atoms with Gasteiger partial charge in [0.05, 0.1) is 11.4 Å². The third-order valence-electron chi connectivity index (χ3n) is 5.44. The Morgan fingerprint density at radius 3 is 1.71 bits per heavy atom. The second-order valence-corrected chi connectivity index (χ2v) is 9.84. The maximum Gasteiger partial charge on any atom is 0.230 e. The van der Waals surface area contributed by atoms with Crippen molar-refractivity contribution in [1.29, 1.82) is 0 Å². The molecule has 6 nitrogen and oxygen atoms in total. The molecule has 2 heterocycles. The summed E-state index contributed by atoms with van der Waals surface area (Å²) in [6, 6.07) is 1.16. The van der Waals surface area contributed by atoms with E-state index < -0.39 is 0 Å². The summed E-state index contributed by atoms with van der Waals surface area (Å²) in [5, 5.41) is 17.7. The van der Waals surface area contributed by atoms with E-state index in [1.54, 1.807) is 22.7 Å². The van der Waals surface area contributed by atoms with Crippen molar-refractivity contribution < 1.29 is 0 Å². The topological polar surface area (TPSA) is 74.6 Å². The van der Waals surface area contributed by atoms with Crippen molar-refractivity contribution in [3.8, 4) is 0 Å². The predicted molar refractivity (Wildman–Crippen MR) is 117 cm³/mol. The third kappa shape index (κ3) is 4.84. The molecule has 0 saturated carbocycles. The predicted octanol–water partition coefficient (Wildman–Crippen LogP) is 4.73. The maximum absolute atomic E-state index is 4.71. The number of aryl methyl sites for hydroxylation is 2. The van der Waals surface area contributed by atoms with E-state index in [1.807, 2.05) is 0 Å². The first-order valence-corrected chi connectivity index (χ1v) is 12.2. The van der Waals surface area contributed by atoms with Crippen LogP contribution in [-0.2, 0) is 25.7 Å². The summed E-state index contributed by atoms with van der Waals surface area (Å²) < 4.78 is 0. The molecule has 0 radical (unpaired) electrons. The summed E-state index contributed by atoms with van der Waals surface area (Å²) in [5.74, 6) is 0. The number of rotatable bonds is 8. The van der Waals surface area contributed by atoms with Crippen LogP contribution < -0.4 is 10.6 Å². The van der Waals surface area contributed by atoms with Crippen LogP contribution in [0.25, 0.3) is 0 Å². The molecule has 0 saturated heterocycles. The number of nitrogens with one attached hydrogen (secondary N) is 2. The van der Waals surface area contributed by atoms with Crippen molar-refractivity contribution in [1.82, 2.24) is 20.6 Å². The van der Waals surface area contributed by atoms with Gasteiger partial charge in [0, 0.05) is 21.8 Å². The zero-order valence-electron chi connectivity index (χ0n) is 16.8. The largest absolute Gasteiger partial charge is 0.314 e. The minimum Gasteiger partial charge on any atom is -0.314 e. The van der Waals surface area contributed by atoms with Crippen molar-refractivity contribution in [2.24, 2.45) is 10.2 Å². The lowest BCUT2D eigenvalue weighted by molar-refractivity contribution is 0.459. The zero-order valence-corrected chi connectivity index (χ0v) is 18.5. The van der Waals surface area contributed by atoms with E-state index in [0.717, 1.165) is 49.0 Å². The fraction of sp³-hybridized carbons (Fsp3) is 0.700. The van der Waals surface area contributed by atoms with E-state index in [1.165, 1.54) is 46.8 Å². The Kier molecular flexibility index (Phi) is 6.82. The van der Waals surface area contributed by atoms with Crippen LogP contribution >= 0.6 is 22.7 Å². The first-order valence-electron chi connectivity index (χ1n) is 10.6. The molecule has 8 heteroatoms. The highest BCUT2D eigenvalue weighted by Gasteiger charge is 2.23. The summed E-state index contributed by atoms with van der Waals surface area (Å²) in [5.41, 5.74) is 2.44. The first kappa shape index (κ1) is 20.1. The van der Waals surface area contributed by atoms with Gasteiger partial charge in [-0.3, -0.25) is 0 Å². The summed E-state index contributed by atoms with van der Waals surface area (Å²) in [6.45, 7) is 6.61. The van der Waals surface area contributed by atoms with Gasteiger partial charge in [-0.1, -0.05) is 36.5 Å². The zero-order chi connectivity index (χ0) is 19.3. The van der Waals surface area contributed by atoms with Crippen LogP contribution in [0.1, 0.15) is 60.7 Å². The van der Waals surface area contributed by atoms with E-state index in [4.69, 9.17) is 9.97 Å². The van der Waals surface area contributed by atoms with Gasteiger partial charge in [-0.2, -0.15) is 0 Å². The molecule has 0 fully saturated rings. The van der Waals surface area contributed by atoms with Gasteiger partial charge in [-0.05, 0) is 64.5 Å². The monoisotopic (exact) mass is 418 g/mol. The highest BCUT2D eigenvalue weighted by Crippen LogP contribution is 2.35. The van der Waals surface area contributed by atoms with Gasteiger partial charge in [0.2, 0.25) is 10.3 Å². The number of hydrogen-bond donors (Lipinski definition) is 2. The van der Waals surface area contributed by atoms with Crippen LogP contribution in [0.3, 0.4) is 0 Å². The van der Waals surface area contributed by atoms with E-state index >= 15 is 0 Å². The Morgan fingerprint density at radius 1 is 0.821 bits per heavy atom. The summed E-state index contributed by atoms with van der Waals surface area (Å²) in [4.78, 5) is 12.2. The van der Waals surface area contributed by atoms with Crippen molar-refractivity contribution in [2.45, 2.75) is 77.3 Å². The molecule has 0 unspecified atom stereocenters. The van der Waals surface area contributed by atoms with Crippen LogP contribution in [0, 0.1) is 0 Å². The number of thiazole rings is 2. The average Bonchev–Trinajstić information content (AvgIpc) is 3.31. The molecular formula is C20H30N6S2. The van der Waals surface area contributed by atoms with Crippen LogP contribution in [0.5, 0.6) is 0 Å². The van der Waals surface area contributed by atoms with Gasteiger partial charge in [-0.15, -0.1) is 10.2 Å². The highest BCUT2D eigenvalue weighted by atomic mass is 32.1. The quantitative estimate of drug-likeness (QED) is 0.608. The van der Waals surface area contributed by atoms with Crippen molar-refractivity contribution >= 4 is 32.9 Å². The molecule has 2 aliphatic rings. The Bertz CT molecular complexity index is 745. The lowest BCUT2D eigenvalue weighted by atomic mass is 9.98. The van der Waals surface area contributed by atoms with Gasteiger partial charge in [-0.25, -0.2) is 9.97 Å². The van der Waals surface area contributed by atoms with Gasteiger partial charge in [0.15, 0.2) is 0 Å². The average molecular weight is 419 g/mol. The van der Waals surface area contributed by atoms with Gasteiger partial charge < -0.3 is 10.6 Å². The molecule has 2 N–H and O–H groups in total. The molecule has 4 rings (SSSR count). The van der Waals surface area contributed by atoms with Crippen LogP contribution in [0.15, 0.2) is 10.2 Å². The molecule has 0 aromatic carbocycles. The molecule has 0 spiro atoms. The number of fused-ring (bicyclic) bond motifs is 2. The molecule has 0 aliphatic heterocycles. The van der Waals surface area contributed by atoms with Crippen LogP contribution in [-0.4, -0.2) is 35.1 Å². The number of hydrogen-bond acceptors (Lipinski definition) is 8. The normalized spacial score (nSPS) is 21.8. The number of aromatic nitrogens is 2. The fourth-order valence-electron chi connectivity index (χ4n) is 3.94. The summed E-state index contributed by atoms with van der Waals surface area (Å²) in [6.07, 6.45) is 8.91. The Labute approximate surface area is 175 Å². The van der Waals surface area contributed by atoms with E-state index in [-0.39, 0.29) is 0 Å². The Morgan fingerprint density at radius 2 is 1.29 bits per heavy atom. The molecule has 2 atom stereocenters. The molecule has 2 aliphatic carbocycles. The lowest BCUT2D eigenvalue weighted by Crippen LogP contribution is -2.34. The fourth-order valence-corrected chi connectivity index (χ4v) is 5.95. The SMILES string of the molecule is CCCN[C@H]1CCc2nc(/N=N/c3nc4c(s3)C[C@@H](NCCC)CC4)sc2C1. The van der Waals surface area contributed by atoms with Gasteiger partial charge in [0.1, 0.15) is 0 Å². The molecule has 0 bridgehead atoms. The van der Waals surface area contributed by atoms with E-state index in [2.05, 4.69) is 34.7 Å². The molecule has 2 aromatic rings. The Hall–Kier alpha value is -1.22. The lowest BCUT2D eigenvalue weighted by Gasteiger charge is -2.21. The second-order valence-electron chi connectivity index (χ2n) is 7.72. The van der Waals surface area contributed by atoms with E-state index in [0.29, 0.717) is 12.1 Å². The van der Waals surface area contributed by atoms with Crippen molar-refractivity contribution in [2.75, 3.05) is 13.1 Å². The molecule has 0 amide bonds. The van der Waals surface area contributed by atoms with Crippen molar-refractivity contribution in [3.05, 3.63) is 21.1 Å². The van der Waals surface area contributed by atoms with Crippen LogP contribution in [0.2, 0.25) is 0 Å². The Balaban J connectivity index is 1.38. The standard InChI is InChI=1S/C20H30N6S2/c1-3-9-21-13-5-7-15-17(11-13)27-19(23-15)25-26-20-24-16-8-6-14(22-10-4-2)12-18(16)28-20/h13-14,21-22H,3-12H2,1-2H3/b26-25+/t13-,14-/m0/s1. The van der Waals surface area contributed by atoms with Crippen molar-refractivity contribution in [3.63, 3.8) is 0 Å². The summed E-state index contributed by atoms with van der Waals surface area (Å²) >= 11 is 3.38. The van der Waals surface area contributed by atoms with Gasteiger partial charge >= 0.3 is 0 Å². The van der Waals surface area contributed by atoms with E-state index in [9.17, 15) is 0 Å². The molecule has 28 heavy (non-hydrogen) atoms. The molecule has 2 aromatic heterocycles. The number of nitrogens with zero attached hydrogens (tertiary/aromatic N) is 4. The highest BCUT2D eigenvalue weighted by molar-refractivity contribution is 7.16. The first-order chi connectivity index (χ1) is 13.7. The molecular weight excluding hydrogens is 388 g/mol.